The molecule has 32 heavy (non-hydrogen) atoms. The summed E-state index contributed by atoms with van der Waals surface area (Å²) in [6, 6.07) is 28.8. The van der Waals surface area contributed by atoms with Gasteiger partial charge in [-0.1, -0.05) is 80.1 Å². The molecule has 0 atom stereocenters. The Morgan fingerprint density at radius 2 is 1.62 bits per heavy atom. The fourth-order valence-electron chi connectivity index (χ4n) is 3.30. The third-order valence-electron chi connectivity index (χ3n) is 5.10. The first-order valence-electron chi connectivity index (χ1n) is 10.7. The summed E-state index contributed by atoms with van der Waals surface area (Å²) in [4.78, 5) is 4.72. The van der Waals surface area contributed by atoms with Crippen LogP contribution in [0.15, 0.2) is 84.2 Å². The third-order valence-corrected chi connectivity index (χ3v) is 5.98. The van der Waals surface area contributed by atoms with E-state index in [2.05, 4.69) is 49.4 Å². The molecular formula is C28H24N2OS. The van der Waals surface area contributed by atoms with Crippen LogP contribution in [0.1, 0.15) is 30.3 Å². The average Bonchev–Trinajstić information content (AvgIpc) is 3.34. The molecule has 3 aromatic carbocycles. The van der Waals surface area contributed by atoms with E-state index in [-0.39, 0.29) is 0 Å². The average molecular weight is 437 g/mol. The number of nitriles is 1. The number of thiazole rings is 1. The van der Waals surface area contributed by atoms with Crippen molar-refractivity contribution >= 4 is 23.0 Å². The number of ether oxygens (including phenoxy) is 1. The standard InChI is InChI=1S/C28H24N2OS/c1-2-3-17-31-26-15-9-21(10-16-26)18-25(19-29)28-30-27(20-32-28)24-13-11-23(12-14-24)22-7-5-4-6-8-22/h4-16,18,20H,2-3,17H2,1H3. The van der Waals surface area contributed by atoms with Crippen molar-refractivity contribution in [2.45, 2.75) is 19.8 Å². The Kier molecular flexibility index (Phi) is 7.12. The van der Waals surface area contributed by atoms with Crippen molar-refractivity contribution in [1.29, 1.82) is 5.26 Å². The molecule has 1 heterocycles. The lowest BCUT2D eigenvalue weighted by Crippen LogP contribution is -1.95. The largest absolute Gasteiger partial charge is 0.494 e. The molecule has 3 nitrogen and oxygen atoms in total. The van der Waals surface area contributed by atoms with E-state index < -0.39 is 0 Å². The quantitative estimate of drug-likeness (QED) is 0.210. The highest BCUT2D eigenvalue weighted by atomic mass is 32.1. The first-order valence-corrected chi connectivity index (χ1v) is 11.6. The van der Waals surface area contributed by atoms with Crippen LogP contribution >= 0.6 is 11.3 Å². The van der Waals surface area contributed by atoms with Crippen molar-refractivity contribution in [1.82, 2.24) is 4.98 Å². The van der Waals surface area contributed by atoms with Crippen LogP contribution in [-0.2, 0) is 0 Å². The fraction of sp³-hybridized carbons (Fsp3) is 0.143. The van der Waals surface area contributed by atoms with Crippen LogP contribution in [0.25, 0.3) is 34.0 Å². The van der Waals surface area contributed by atoms with Gasteiger partial charge in [-0.2, -0.15) is 5.26 Å². The lowest BCUT2D eigenvalue weighted by molar-refractivity contribution is 0.309. The topological polar surface area (TPSA) is 45.9 Å². The summed E-state index contributed by atoms with van der Waals surface area (Å²) in [6.45, 7) is 2.87. The number of aromatic nitrogens is 1. The molecule has 0 bridgehead atoms. The molecular weight excluding hydrogens is 412 g/mol. The van der Waals surface area contributed by atoms with Gasteiger partial charge in [0.1, 0.15) is 16.8 Å². The van der Waals surface area contributed by atoms with Crippen molar-refractivity contribution in [3.63, 3.8) is 0 Å². The number of rotatable bonds is 8. The van der Waals surface area contributed by atoms with Crippen LogP contribution < -0.4 is 4.74 Å². The monoisotopic (exact) mass is 436 g/mol. The van der Waals surface area contributed by atoms with E-state index in [0.717, 1.165) is 47.0 Å². The van der Waals surface area contributed by atoms with Crippen LogP contribution in [0.5, 0.6) is 5.75 Å². The van der Waals surface area contributed by atoms with E-state index >= 15 is 0 Å². The number of nitrogens with zero attached hydrogens (tertiary/aromatic N) is 2. The van der Waals surface area contributed by atoms with Gasteiger partial charge in [0.25, 0.3) is 0 Å². The second-order valence-electron chi connectivity index (χ2n) is 7.42. The number of hydrogen-bond donors (Lipinski definition) is 0. The maximum Gasteiger partial charge on any atom is 0.134 e. The zero-order valence-corrected chi connectivity index (χ0v) is 18.8. The highest BCUT2D eigenvalue weighted by Crippen LogP contribution is 2.29. The van der Waals surface area contributed by atoms with Crippen molar-refractivity contribution in [3.05, 3.63) is 94.8 Å². The number of benzene rings is 3. The number of unbranched alkanes of at least 4 members (excludes halogenated alkanes) is 1. The van der Waals surface area contributed by atoms with E-state index in [1.807, 2.05) is 53.9 Å². The molecule has 4 aromatic rings. The van der Waals surface area contributed by atoms with E-state index in [4.69, 9.17) is 9.72 Å². The second-order valence-corrected chi connectivity index (χ2v) is 8.28. The van der Waals surface area contributed by atoms with Crippen molar-refractivity contribution in [3.8, 4) is 34.2 Å². The maximum absolute atomic E-state index is 9.70. The van der Waals surface area contributed by atoms with E-state index in [1.54, 1.807) is 0 Å². The molecule has 0 N–H and O–H groups in total. The first kappa shape index (κ1) is 21.5. The van der Waals surface area contributed by atoms with Crippen LogP contribution in [-0.4, -0.2) is 11.6 Å². The highest BCUT2D eigenvalue weighted by Gasteiger charge is 2.10. The van der Waals surface area contributed by atoms with E-state index in [0.29, 0.717) is 5.57 Å². The minimum Gasteiger partial charge on any atom is -0.494 e. The molecule has 0 unspecified atom stereocenters. The van der Waals surface area contributed by atoms with Crippen molar-refractivity contribution in [2.24, 2.45) is 0 Å². The van der Waals surface area contributed by atoms with Crippen LogP contribution in [0.3, 0.4) is 0 Å². The Labute approximate surface area is 193 Å². The van der Waals surface area contributed by atoms with Gasteiger partial charge in [-0.3, -0.25) is 0 Å². The molecule has 0 amide bonds. The molecule has 0 aliphatic heterocycles. The summed E-state index contributed by atoms with van der Waals surface area (Å²) in [5, 5.41) is 12.4. The second kappa shape index (κ2) is 10.6. The summed E-state index contributed by atoms with van der Waals surface area (Å²) in [5.74, 6) is 0.851. The smallest absolute Gasteiger partial charge is 0.134 e. The summed E-state index contributed by atoms with van der Waals surface area (Å²) < 4.78 is 5.71. The Hall–Kier alpha value is -3.68. The predicted octanol–water partition coefficient (Wildman–Crippen LogP) is 7.72. The summed E-state index contributed by atoms with van der Waals surface area (Å²) >= 11 is 1.49. The molecule has 0 aliphatic carbocycles. The maximum atomic E-state index is 9.70. The molecule has 0 saturated heterocycles. The summed E-state index contributed by atoms with van der Waals surface area (Å²) in [6.07, 6.45) is 4.03. The van der Waals surface area contributed by atoms with Gasteiger partial charge in [0, 0.05) is 10.9 Å². The van der Waals surface area contributed by atoms with Crippen molar-refractivity contribution < 1.29 is 4.74 Å². The molecule has 0 radical (unpaired) electrons. The molecule has 0 fully saturated rings. The van der Waals surface area contributed by atoms with E-state index in [9.17, 15) is 5.26 Å². The van der Waals surface area contributed by atoms with Gasteiger partial charge < -0.3 is 4.74 Å². The molecule has 158 valence electrons. The Morgan fingerprint density at radius 1 is 0.938 bits per heavy atom. The minimum absolute atomic E-state index is 0.557. The normalized spacial score (nSPS) is 11.2. The van der Waals surface area contributed by atoms with Gasteiger partial charge in [-0.25, -0.2) is 4.98 Å². The first-order chi connectivity index (χ1) is 15.8. The summed E-state index contributed by atoms with van der Waals surface area (Å²) in [5.41, 5.74) is 5.79. The van der Waals surface area contributed by atoms with Crippen LogP contribution in [0, 0.1) is 11.3 Å². The summed E-state index contributed by atoms with van der Waals surface area (Å²) in [7, 11) is 0. The zero-order valence-electron chi connectivity index (χ0n) is 18.0. The van der Waals surface area contributed by atoms with Gasteiger partial charge >= 0.3 is 0 Å². The van der Waals surface area contributed by atoms with Gasteiger partial charge in [0.05, 0.1) is 17.9 Å². The molecule has 4 rings (SSSR count). The van der Waals surface area contributed by atoms with Crippen molar-refractivity contribution in [2.75, 3.05) is 6.61 Å². The minimum atomic E-state index is 0.557. The molecule has 0 aliphatic rings. The zero-order chi connectivity index (χ0) is 22.2. The molecule has 1 aromatic heterocycles. The lowest BCUT2D eigenvalue weighted by atomic mass is 10.0. The Balaban J connectivity index is 1.49. The van der Waals surface area contributed by atoms with Crippen LogP contribution in [0.4, 0.5) is 0 Å². The number of hydrogen-bond acceptors (Lipinski definition) is 4. The Morgan fingerprint density at radius 3 is 2.31 bits per heavy atom. The predicted molar refractivity (Wildman–Crippen MR) is 133 cm³/mol. The van der Waals surface area contributed by atoms with Crippen LogP contribution in [0.2, 0.25) is 0 Å². The third kappa shape index (κ3) is 5.32. The van der Waals surface area contributed by atoms with E-state index in [1.165, 1.54) is 22.5 Å². The molecule has 0 saturated carbocycles. The highest BCUT2D eigenvalue weighted by molar-refractivity contribution is 7.11. The van der Waals surface area contributed by atoms with Gasteiger partial charge in [0.2, 0.25) is 0 Å². The Bertz CT molecular complexity index is 1220. The fourth-order valence-corrected chi connectivity index (χ4v) is 4.09. The molecule has 4 heteroatoms. The molecule has 0 spiro atoms. The van der Waals surface area contributed by atoms with Gasteiger partial charge in [0.15, 0.2) is 0 Å². The SMILES string of the molecule is CCCCOc1ccc(C=C(C#N)c2nc(-c3ccc(-c4ccccc4)cc3)cs2)cc1. The van der Waals surface area contributed by atoms with Gasteiger partial charge in [-0.15, -0.1) is 11.3 Å². The lowest BCUT2D eigenvalue weighted by Gasteiger charge is -2.05. The van der Waals surface area contributed by atoms with Gasteiger partial charge in [-0.05, 0) is 41.3 Å². The number of allylic oxidation sites excluding steroid dienone is 1.